The number of aliphatic imine (C=N–C) groups is 1. The molecule has 2 aromatic carbocycles. The Labute approximate surface area is 145 Å². The molecular weight excluding hydrogens is 316 g/mol. The molecule has 0 atom stereocenters. The van der Waals surface area contributed by atoms with E-state index in [0.29, 0.717) is 22.0 Å². The van der Waals surface area contributed by atoms with Crippen molar-refractivity contribution in [2.75, 3.05) is 13.2 Å². The number of aromatic hydroxyl groups is 1. The first-order valence-corrected chi connectivity index (χ1v) is 8.10. The molecular formula is C20H20N2O3. The van der Waals surface area contributed by atoms with Gasteiger partial charge in [0.2, 0.25) is 5.88 Å². The number of hydrogen-bond donors (Lipinski definition) is 2. The summed E-state index contributed by atoms with van der Waals surface area (Å²) in [6, 6.07) is 12.8. The van der Waals surface area contributed by atoms with Crippen molar-refractivity contribution >= 4 is 17.0 Å². The Morgan fingerprint density at radius 2 is 1.80 bits per heavy atom. The van der Waals surface area contributed by atoms with Crippen LogP contribution in [-0.2, 0) is 0 Å². The molecule has 0 amide bonds. The summed E-state index contributed by atoms with van der Waals surface area (Å²) in [4.78, 5) is 17.1. The lowest BCUT2D eigenvalue weighted by molar-refractivity contribution is 0.307. The Balaban J connectivity index is 2.40. The van der Waals surface area contributed by atoms with Crippen LogP contribution in [0.15, 0.2) is 52.3 Å². The number of hydrogen-bond acceptors (Lipinski definition) is 4. The smallest absolute Gasteiger partial charge is 0.265 e. The molecule has 0 unspecified atom stereocenters. The third-order valence-electron chi connectivity index (χ3n) is 4.37. The van der Waals surface area contributed by atoms with Crippen LogP contribution in [0.5, 0.6) is 5.88 Å². The number of fused-ring (bicyclic) bond motifs is 1. The minimum absolute atomic E-state index is 0.0776. The second-order valence-electron chi connectivity index (χ2n) is 5.90. The summed E-state index contributed by atoms with van der Waals surface area (Å²) in [6.07, 6.45) is 1.51. The van der Waals surface area contributed by atoms with Crippen molar-refractivity contribution in [2.24, 2.45) is 4.99 Å². The van der Waals surface area contributed by atoms with Crippen LogP contribution in [0, 0.1) is 13.8 Å². The predicted octanol–water partition coefficient (Wildman–Crippen LogP) is 2.72. The van der Waals surface area contributed by atoms with Crippen LogP contribution >= 0.6 is 0 Å². The maximum atomic E-state index is 13.0. The minimum Gasteiger partial charge on any atom is -0.494 e. The SMILES string of the molecule is Cc1cccc(-n2c(O)c(C=NCCO)c3ccccc3c2=O)c1C. The number of aliphatic hydroxyl groups excluding tert-OH is 1. The highest BCUT2D eigenvalue weighted by atomic mass is 16.3. The van der Waals surface area contributed by atoms with Gasteiger partial charge in [0.25, 0.3) is 5.56 Å². The maximum Gasteiger partial charge on any atom is 0.265 e. The zero-order chi connectivity index (χ0) is 18.0. The fraction of sp³-hybridized carbons (Fsp3) is 0.200. The third kappa shape index (κ3) is 2.94. The van der Waals surface area contributed by atoms with Gasteiger partial charge >= 0.3 is 0 Å². The van der Waals surface area contributed by atoms with Gasteiger partial charge in [0.05, 0.1) is 24.4 Å². The van der Waals surface area contributed by atoms with Gasteiger partial charge in [-0.3, -0.25) is 9.79 Å². The summed E-state index contributed by atoms with van der Waals surface area (Å²) in [6.45, 7) is 4.04. The Morgan fingerprint density at radius 3 is 2.52 bits per heavy atom. The highest BCUT2D eigenvalue weighted by Gasteiger charge is 2.17. The van der Waals surface area contributed by atoms with E-state index in [1.165, 1.54) is 10.8 Å². The van der Waals surface area contributed by atoms with Gasteiger partial charge in [-0.15, -0.1) is 0 Å². The van der Waals surface area contributed by atoms with E-state index in [1.54, 1.807) is 18.2 Å². The number of pyridine rings is 1. The van der Waals surface area contributed by atoms with Crippen LogP contribution in [0.4, 0.5) is 0 Å². The molecule has 0 aliphatic rings. The molecule has 0 bridgehead atoms. The van der Waals surface area contributed by atoms with Crippen molar-refractivity contribution < 1.29 is 10.2 Å². The molecule has 5 heteroatoms. The second-order valence-corrected chi connectivity index (χ2v) is 5.90. The fourth-order valence-corrected chi connectivity index (χ4v) is 2.90. The summed E-state index contributed by atoms with van der Waals surface area (Å²) in [5.74, 6) is -0.154. The molecule has 0 fully saturated rings. The zero-order valence-corrected chi connectivity index (χ0v) is 14.2. The first-order chi connectivity index (χ1) is 12.1. The highest BCUT2D eigenvalue weighted by molar-refractivity contribution is 6.01. The Morgan fingerprint density at radius 1 is 1.08 bits per heavy atom. The topological polar surface area (TPSA) is 74.8 Å². The molecule has 3 aromatic rings. The van der Waals surface area contributed by atoms with Crippen molar-refractivity contribution in [3.8, 4) is 11.6 Å². The van der Waals surface area contributed by atoms with E-state index in [2.05, 4.69) is 4.99 Å². The largest absolute Gasteiger partial charge is 0.494 e. The molecule has 5 nitrogen and oxygen atoms in total. The summed E-state index contributed by atoms with van der Waals surface area (Å²) < 4.78 is 1.32. The molecule has 0 aliphatic heterocycles. The number of benzene rings is 2. The van der Waals surface area contributed by atoms with Crippen molar-refractivity contribution in [1.29, 1.82) is 0 Å². The molecule has 128 valence electrons. The lowest BCUT2D eigenvalue weighted by Crippen LogP contribution is -2.21. The predicted molar refractivity (Wildman–Crippen MR) is 100 cm³/mol. The standard InChI is InChI=1S/C20H20N2O3/c1-13-6-5-9-18(14(13)2)22-19(24)16-8-4-3-7-15(16)17(20(22)25)12-21-10-11-23/h3-9,12,23,25H,10-11H2,1-2H3. The van der Waals surface area contributed by atoms with Crippen LogP contribution in [0.3, 0.4) is 0 Å². The molecule has 0 saturated carbocycles. The van der Waals surface area contributed by atoms with Gasteiger partial charge < -0.3 is 10.2 Å². The van der Waals surface area contributed by atoms with E-state index in [4.69, 9.17) is 5.11 Å². The van der Waals surface area contributed by atoms with E-state index >= 15 is 0 Å². The van der Waals surface area contributed by atoms with Crippen LogP contribution in [0.1, 0.15) is 16.7 Å². The monoisotopic (exact) mass is 336 g/mol. The number of nitrogens with zero attached hydrogens (tertiary/aromatic N) is 2. The number of rotatable bonds is 4. The summed E-state index contributed by atoms with van der Waals surface area (Å²) >= 11 is 0. The summed E-state index contributed by atoms with van der Waals surface area (Å²) in [7, 11) is 0. The molecule has 1 heterocycles. The Bertz CT molecular complexity index is 1020. The fourth-order valence-electron chi connectivity index (χ4n) is 2.90. The van der Waals surface area contributed by atoms with Crippen LogP contribution in [0.25, 0.3) is 16.5 Å². The molecule has 0 radical (unpaired) electrons. The average Bonchev–Trinajstić information content (AvgIpc) is 2.61. The summed E-state index contributed by atoms with van der Waals surface area (Å²) in [5, 5.41) is 20.9. The molecule has 0 spiro atoms. The number of aliphatic hydroxyl groups is 1. The van der Waals surface area contributed by atoms with Gasteiger partial charge in [0, 0.05) is 17.0 Å². The van der Waals surface area contributed by atoms with E-state index in [-0.39, 0.29) is 24.6 Å². The van der Waals surface area contributed by atoms with E-state index < -0.39 is 0 Å². The van der Waals surface area contributed by atoms with Crippen molar-refractivity contribution in [1.82, 2.24) is 4.57 Å². The lowest BCUT2D eigenvalue weighted by Gasteiger charge is -2.16. The average molecular weight is 336 g/mol. The third-order valence-corrected chi connectivity index (χ3v) is 4.37. The normalized spacial score (nSPS) is 11.5. The molecule has 0 aliphatic carbocycles. The molecule has 0 saturated heterocycles. The first-order valence-electron chi connectivity index (χ1n) is 8.10. The molecule has 2 N–H and O–H groups in total. The highest BCUT2D eigenvalue weighted by Crippen LogP contribution is 2.27. The molecule has 1 aromatic heterocycles. The van der Waals surface area contributed by atoms with Gasteiger partial charge in [-0.05, 0) is 37.1 Å². The van der Waals surface area contributed by atoms with Gasteiger partial charge in [0.1, 0.15) is 0 Å². The minimum atomic E-state index is -0.277. The van der Waals surface area contributed by atoms with Crippen molar-refractivity contribution in [3.63, 3.8) is 0 Å². The van der Waals surface area contributed by atoms with Crippen LogP contribution in [0.2, 0.25) is 0 Å². The molecule has 25 heavy (non-hydrogen) atoms. The van der Waals surface area contributed by atoms with E-state index in [0.717, 1.165) is 11.1 Å². The van der Waals surface area contributed by atoms with Crippen LogP contribution < -0.4 is 5.56 Å². The molecule has 3 rings (SSSR count). The second kappa shape index (κ2) is 6.91. The van der Waals surface area contributed by atoms with Crippen molar-refractivity contribution in [3.05, 3.63) is 69.5 Å². The van der Waals surface area contributed by atoms with E-state index in [9.17, 15) is 9.90 Å². The quantitative estimate of drug-likeness (QED) is 0.719. The van der Waals surface area contributed by atoms with Gasteiger partial charge in [-0.25, -0.2) is 4.57 Å². The zero-order valence-electron chi connectivity index (χ0n) is 14.2. The Kier molecular flexibility index (Phi) is 4.67. The number of aryl methyl sites for hydroxylation is 1. The first kappa shape index (κ1) is 16.9. The van der Waals surface area contributed by atoms with E-state index in [1.807, 2.05) is 38.1 Å². The lowest BCUT2D eigenvalue weighted by atomic mass is 10.0. The maximum absolute atomic E-state index is 13.0. The number of aromatic nitrogens is 1. The van der Waals surface area contributed by atoms with Gasteiger partial charge in [-0.1, -0.05) is 30.3 Å². The summed E-state index contributed by atoms with van der Waals surface area (Å²) in [5.41, 5.74) is 2.79. The Hall–Kier alpha value is -2.92. The van der Waals surface area contributed by atoms with Gasteiger partial charge in [0.15, 0.2) is 0 Å². The van der Waals surface area contributed by atoms with Gasteiger partial charge in [-0.2, -0.15) is 0 Å². The van der Waals surface area contributed by atoms with Crippen molar-refractivity contribution in [2.45, 2.75) is 13.8 Å². The van der Waals surface area contributed by atoms with Crippen LogP contribution in [-0.4, -0.2) is 34.1 Å².